The van der Waals surface area contributed by atoms with Crippen molar-refractivity contribution >= 4 is 5.82 Å². The number of anilines is 1. The van der Waals surface area contributed by atoms with E-state index in [1.54, 1.807) is 0 Å². The first-order chi connectivity index (χ1) is 6.81. The molecule has 76 valence electrons. The highest BCUT2D eigenvalue weighted by molar-refractivity contribution is 5.26. The monoisotopic (exact) mass is 192 g/mol. The third kappa shape index (κ3) is 1.31. The molecule has 0 aliphatic heterocycles. The Morgan fingerprint density at radius 3 is 2.93 bits per heavy atom. The molecule has 1 aromatic rings. The van der Waals surface area contributed by atoms with Gasteiger partial charge in [0.15, 0.2) is 5.82 Å². The molecular formula is C11H16N2O. The van der Waals surface area contributed by atoms with Crippen molar-refractivity contribution < 1.29 is 4.52 Å². The van der Waals surface area contributed by atoms with Gasteiger partial charge < -0.3 is 10.3 Å². The lowest BCUT2D eigenvalue weighted by atomic mass is 9.86. The molecule has 2 saturated carbocycles. The van der Waals surface area contributed by atoms with Crippen molar-refractivity contribution in [3.63, 3.8) is 0 Å². The molecule has 1 heterocycles. The summed E-state index contributed by atoms with van der Waals surface area (Å²) in [7, 11) is 0. The molecule has 1 aromatic heterocycles. The molecule has 0 radical (unpaired) electrons. The third-order valence-corrected chi connectivity index (χ3v) is 3.93. The molecule has 3 atom stereocenters. The zero-order valence-electron chi connectivity index (χ0n) is 8.28. The van der Waals surface area contributed by atoms with Gasteiger partial charge in [-0.2, -0.15) is 0 Å². The van der Waals surface area contributed by atoms with Crippen LogP contribution in [-0.4, -0.2) is 5.16 Å². The SMILES string of the molecule is Nc1cc(CC2CC3CCC2C3)on1. The molecule has 0 spiro atoms. The first-order valence-corrected chi connectivity index (χ1v) is 5.52. The first kappa shape index (κ1) is 8.33. The minimum Gasteiger partial charge on any atom is -0.381 e. The fourth-order valence-corrected chi connectivity index (χ4v) is 3.31. The number of rotatable bonds is 2. The highest BCUT2D eigenvalue weighted by atomic mass is 16.5. The number of fused-ring (bicyclic) bond motifs is 2. The van der Waals surface area contributed by atoms with Crippen LogP contribution in [0.2, 0.25) is 0 Å². The molecule has 3 unspecified atom stereocenters. The van der Waals surface area contributed by atoms with Gasteiger partial charge >= 0.3 is 0 Å². The van der Waals surface area contributed by atoms with Crippen LogP contribution in [0.4, 0.5) is 5.82 Å². The van der Waals surface area contributed by atoms with Crippen LogP contribution in [0.5, 0.6) is 0 Å². The summed E-state index contributed by atoms with van der Waals surface area (Å²) < 4.78 is 5.16. The Labute approximate surface area is 83.6 Å². The second-order valence-electron chi connectivity index (χ2n) is 4.86. The summed E-state index contributed by atoms with van der Waals surface area (Å²) in [4.78, 5) is 0. The lowest BCUT2D eigenvalue weighted by molar-refractivity contribution is 0.293. The highest BCUT2D eigenvalue weighted by Crippen LogP contribution is 2.49. The van der Waals surface area contributed by atoms with E-state index in [1.807, 2.05) is 6.07 Å². The maximum Gasteiger partial charge on any atom is 0.167 e. The van der Waals surface area contributed by atoms with Gasteiger partial charge in [-0.3, -0.25) is 0 Å². The maximum atomic E-state index is 5.52. The Morgan fingerprint density at radius 2 is 2.36 bits per heavy atom. The quantitative estimate of drug-likeness (QED) is 0.781. The Kier molecular flexibility index (Phi) is 1.79. The number of hydrogen-bond donors (Lipinski definition) is 1. The molecule has 2 aliphatic rings. The second-order valence-corrected chi connectivity index (χ2v) is 4.86. The van der Waals surface area contributed by atoms with E-state index in [2.05, 4.69) is 5.16 Å². The first-order valence-electron chi connectivity index (χ1n) is 5.52. The zero-order chi connectivity index (χ0) is 9.54. The largest absolute Gasteiger partial charge is 0.381 e. The van der Waals surface area contributed by atoms with Crippen LogP contribution in [0.25, 0.3) is 0 Å². The van der Waals surface area contributed by atoms with E-state index in [0.29, 0.717) is 5.82 Å². The lowest BCUT2D eigenvalue weighted by Crippen LogP contribution is -2.12. The Bertz CT molecular complexity index is 334. The molecule has 3 rings (SSSR count). The highest BCUT2D eigenvalue weighted by Gasteiger charge is 2.39. The molecule has 0 amide bonds. The fourth-order valence-electron chi connectivity index (χ4n) is 3.31. The van der Waals surface area contributed by atoms with E-state index in [1.165, 1.54) is 25.7 Å². The second kappa shape index (κ2) is 3.01. The summed E-state index contributed by atoms with van der Waals surface area (Å²) in [6, 6.07) is 1.87. The summed E-state index contributed by atoms with van der Waals surface area (Å²) in [5.74, 6) is 4.28. The Morgan fingerprint density at radius 1 is 1.43 bits per heavy atom. The van der Waals surface area contributed by atoms with Crippen molar-refractivity contribution in [3.8, 4) is 0 Å². The van der Waals surface area contributed by atoms with Gasteiger partial charge in [0.1, 0.15) is 5.76 Å². The summed E-state index contributed by atoms with van der Waals surface area (Å²) in [5.41, 5.74) is 5.52. The van der Waals surface area contributed by atoms with Crippen molar-refractivity contribution in [3.05, 3.63) is 11.8 Å². The molecule has 3 nitrogen and oxygen atoms in total. The molecule has 0 aromatic carbocycles. The van der Waals surface area contributed by atoms with E-state index in [-0.39, 0.29) is 0 Å². The van der Waals surface area contributed by atoms with E-state index in [0.717, 1.165) is 29.9 Å². The van der Waals surface area contributed by atoms with Crippen molar-refractivity contribution in [2.45, 2.75) is 32.1 Å². The molecule has 3 heteroatoms. The van der Waals surface area contributed by atoms with E-state index >= 15 is 0 Å². The predicted octanol–water partition coefficient (Wildman–Crippen LogP) is 2.24. The smallest absolute Gasteiger partial charge is 0.167 e. The zero-order valence-corrected chi connectivity index (χ0v) is 8.28. The van der Waals surface area contributed by atoms with Crippen molar-refractivity contribution in [2.75, 3.05) is 5.73 Å². The van der Waals surface area contributed by atoms with Crippen LogP contribution in [0.1, 0.15) is 31.4 Å². The summed E-state index contributed by atoms with van der Waals surface area (Å²) in [6.07, 6.45) is 6.78. The summed E-state index contributed by atoms with van der Waals surface area (Å²) in [5, 5.41) is 3.72. The predicted molar refractivity (Wildman–Crippen MR) is 53.6 cm³/mol. The molecule has 2 bridgehead atoms. The average molecular weight is 192 g/mol. The minimum absolute atomic E-state index is 0.517. The summed E-state index contributed by atoms with van der Waals surface area (Å²) >= 11 is 0. The summed E-state index contributed by atoms with van der Waals surface area (Å²) in [6.45, 7) is 0. The van der Waals surface area contributed by atoms with Crippen LogP contribution < -0.4 is 5.73 Å². The number of nitrogen functional groups attached to an aromatic ring is 1. The van der Waals surface area contributed by atoms with Gasteiger partial charge in [-0.1, -0.05) is 11.6 Å². The van der Waals surface area contributed by atoms with Gasteiger partial charge in [0.05, 0.1) is 0 Å². The normalized spacial score (nSPS) is 35.3. The molecule has 14 heavy (non-hydrogen) atoms. The topological polar surface area (TPSA) is 52.0 Å². The number of nitrogens with two attached hydrogens (primary N) is 1. The molecular weight excluding hydrogens is 176 g/mol. The van der Waals surface area contributed by atoms with Gasteiger partial charge in [0, 0.05) is 12.5 Å². The van der Waals surface area contributed by atoms with Gasteiger partial charge in [0.25, 0.3) is 0 Å². The molecule has 0 saturated heterocycles. The van der Waals surface area contributed by atoms with E-state index in [9.17, 15) is 0 Å². The minimum atomic E-state index is 0.517. The van der Waals surface area contributed by atoms with Crippen LogP contribution in [0.15, 0.2) is 10.6 Å². The molecule has 2 fully saturated rings. The van der Waals surface area contributed by atoms with Crippen LogP contribution >= 0.6 is 0 Å². The Hall–Kier alpha value is -0.990. The lowest BCUT2D eigenvalue weighted by Gasteiger charge is -2.19. The van der Waals surface area contributed by atoms with E-state index < -0.39 is 0 Å². The van der Waals surface area contributed by atoms with Crippen LogP contribution in [0.3, 0.4) is 0 Å². The number of hydrogen-bond acceptors (Lipinski definition) is 3. The van der Waals surface area contributed by atoms with Crippen molar-refractivity contribution in [1.29, 1.82) is 0 Å². The van der Waals surface area contributed by atoms with Crippen LogP contribution in [-0.2, 0) is 6.42 Å². The maximum absolute atomic E-state index is 5.52. The van der Waals surface area contributed by atoms with Gasteiger partial charge in [0.2, 0.25) is 0 Å². The average Bonchev–Trinajstić information content (AvgIpc) is 2.82. The van der Waals surface area contributed by atoms with Crippen molar-refractivity contribution in [2.24, 2.45) is 17.8 Å². The molecule has 2 aliphatic carbocycles. The number of nitrogens with zero attached hydrogens (tertiary/aromatic N) is 1. The molecule has 2 N–H and O–H groups in total. The fraction of sp³-hybridized carbons (Fsp3) is 0.727. The van der Waals surface area contributed by atoms with E-state index in [4.69, 9.17) is 10.3 Å². The third-order valence-electron chi connectivity index (χ3n) is 3.93. The standard InChI is InChI=1S/C11H16N2O/c12-11-6-10(14-13-11)5-9-4-7-1-2-8(9)3-7/h6-9H,1-5H2,(H2,12,13). The van der Waals surface area contributed by atoms with Gasteiger partial charge in [-0.25, -0.2) is 0 Å². The van der Waals surface area contributed by atoms with Crippen molar-refractivity contribution in [1.82, 2.24) is 5.16 Å². The number of aromatic nitrogens is 1. The van der Waals surface area contributed by atoms with Gasteiger partial charge in [-0.05, 0) is 37.0 Å². The van der Waals surface area contributed by atoms with Crippen LogP contribution in [0, 0.1) is 17.8 Å². The van der Waals surface area contributed by atoms with Gasteiger partial charge in [-0.15, -0.1) is 0 Å². The Balaban J connectivity index is 1.68.